The van der Waals surface area contributed by atoms with Crippen LogP contribution < -0.4 is 5.32 Å². The van der Waals surface area contributed by atoms with Gasteiger partial charge in [0.05, 0.1) is 4.88 Å². The van der Waals surface area contributed by atoms with Crippen LogP contribution in [-0.2, 0) is 5.72 Å². The molecule has 0 amide bonds. The molecule has 0 saturated heterocycles. The summed E-state index contributed by atoms with van der Waals surface area (Å²) >= 11 is 1.58. The number of aliphatic hydroxyl groups is 1. The van der Waals surface area contributed by atoms with Crippen molar-refractivity contribution >= 4 is 11.3 Å². The second-order valence-corrected chi connectivity index (χ2v) is 3.67. The first kappa shape index (κ1) is 9.71. The van der Waals surface area contributed by atoms with Crippen LogP contribution >= 0.6 is 11.3 Å². The van der Waals surface area contributed by atoms with Crippen molar-refractivity contribution in [3.8, 4) is 0 Å². The van der Waals surface area contributed by atoms with Crippen LogP contribution in [-0.4, -0.2) is 11.7 Å². The van der Waals surface area contributed by atoms with Gasteiger partial charge in [0.15, 0.2) is 5.72 Å². The van der Waals surface area contributed by atoms with Gasteiger partial charge >= 0.3 is 0 Å². The fourth-order valence-electron chi connectivity index (χ4n) is 1.19. The lowest BCUT2D eigenvalue weighted by Gasteiger charge is -2.26. The lowest BCUT2D eigenvalue weighted by molar-refractivity contribution is 0.00175. The first-order valence-corrected chi connectivity index (χ1v) is 5.12. The van der Waals surface area contributed by atoms with Gasteiger partial charge < -0.3 is 5.11 Å². The second-order valence-electron chi connectivity index (χ2n) is 2.72. The average molecular weight is 185 g/mol. The molecule has 1 aromatic heterocycles. The van der Waals surface area contributed by atoms with Crippen LogP contribution in [0.1, 0.15) is 25.1 Å². The molecule has 0 saturated carbocycles. The van der Waals surface area contributed by atoms with Gasteiger partial charge in [0, 0.05) is 0 Å². The van der Waals surface area contributed by atoms with Gasteiger partial charge in [-0.05, 0) is 24.4 Å². The minimum absolute atomic E-state index is 0.696. The molecule has 68 valence electrons. The molecule has 0 spiro atoms. The molecule has 1 rings (SSSR count). The van der Waals surface area contributed by atoms with Crippen molar-refractivity contribution in [2.24, 2.45) is 0 Å². The quantitative estimate of drug-likeness (QED) is 0.702. The number of hydrogen-bond acceptors (Lipinski definition) is 3. The minimum Gasteiger partial charge on any atom is -0.371 e. The zero-order valence-corrected chi connectivity index (χ0v) is 8.32. The van der Waals surface area contributed by atoms with Crippen molar-refractivity contribution < 1.29 is 5.11 Å². The summed E-state index contributed by atoms with van der Waals surface area (Å²) in [6, 6.07) is 3.91. The van der Waals surface area contributed by atoms with E-state index in [0.29, 0.717) is 6.42 Å². The molecule has 0 aromatic carbocycles. The largest absolute Gasteiger partial charge is 0.371 e. The van der Waals surface area contributed by atoms with E-state index in [1.54, 1.807) is 11.3 Å². The van der Waals surface area contributed by atoms with Gasteiger partial charge in [0.1, 0.15) is 0 Å². The lowest BCUT2D eigenvalue weighted by atomic mass is 10.1. The Bertz CT molecular complexity index is 222. The van der Waals surface area contributed by atoms with Crippen LogP contribution in [0.15, 0.2) is 17.5 Å². The summed E-state index contributed by atoms with van der Waals surface area (Å²) in [5.41, 5.74) is -0.817. The molecule has 0 aliphatic carbocycles. The van der Waals surface area contributed by atoms with Crippen LogP contribution in [0.2, 0.25) is 0 Å². The maximum absolute atomic E-state index is 10.1. The van der Waals surface area contributed by atoms with E-state index in [4.69, 9.17) is 0 Å². The summed E-state index contributed by atoms with van der Waals surface area (Å²) in [7, 11) is 0. The van der Waals surface area contributed by atoms with Crippen LogP contribution in [0.5, 0.6) is 0 Å². The molecule has 12 heavy (non-hydrogen) atoms. The van der Waals surface area contributed by atoms with Crippen LogP contribution in [0.4, 0.5) is 0 Å². The molecule has 0 fully saturated rings. The van der Waals surface area contributed by atoms with E-state index in [1.165, 1.54) is 0 Å². The number of rotatable bonds is 4. The van der Waals surface area contributed by atoms with E-state index in [1.807, 2.05) is 31.4 Å². The second kappa shape index (κ2) is 4.03. The van der Waals surface area contributed by atoms with Gasteiger partial charge in [0.2, 0.25) is 0 Å². The molecule has 0 aliphatic rings. The molecule has 0 aliphatic heterocycles. The van der Waals surface area contributed by atoms with E-state index >= 15 is 0 Å². The van der Waals surface area contributed by atoms with Crippen LogP contribution in [0, 0.1) is 0 Å². The fraction of sp³-hybridized carbons (Fsp3) is 0.556. The van der Waals surface area contributed by atoms with E-state index in [9.17, 15) is 5.11 Å². The molecule has 2 nitrogen and oxygen atoms in total. The molecule has 3 heteroatoms. The highest BCUT2D eigenvalue weighted by Crippen LogP contribution is 2.25. The van der Waals surface area contributed by atoms with Gasteiger partial charge in [0.25, 0.3) is 0 Å². The number of thiophene rings is 1. The summed E-state index contributed by atoms with van der Waals surface area (Å²) in [5, 5.41) is 15.1. The maximum atomic E-state index is 10.1. The first-order chi connectivity index (χ1) is 5.73. The lowest BCUT2D eigenvalue weighted by Crippen LogP contribution is -2.40. The van der Waals surface area contributed by atoms with E-state index in [0.717, 1.165) is 11.4 Å². The van der Waals surface area contributed by atoms with Gasteiger partial charge in [-0.25, -0.2) is 0 Å². The molecule has 0 bridgehead atoms. The molecular weight excluding hydrogens is 170 g/mol. The Balaban J connectivity index is 2.80. The zero-order valence-electron chi connectivity index (χ0n) is 7.50. The first-order valence-electron chi connectivity index (χ1n) is 4.24. The molecule has 1 heterocycles. The summed E-state index contributed by atoms with van der Waals surface area (Å²) in [6.07, 6.45) is 0.696. The summed E-state index contributed by atoms with van der Waals surface area (Å²) in [6.45, 7) is 4.75. The Labute approximate surface area is 77.2 Å². The normalized spacial score (nSPS) is 15.9. The Morgan fingerprint density at radius 2 is 2.33 bits per heavy atom. The summed E-state index contributed by atoms with van der Waals surface area (Å²) < 4.78 is 0. The van der Waals surface area contributed by atoms with Crippen molar-refractivity contribution in [2.75, 3.05) is 6.54 Å². The van der Waals surface area contributed by atoms with Gasteiger partial charge in [-0.15, -0.1) is 11.3 Å². The van der Waals surface area contributed by atoms with E-state index < -0.39 is 5.72 Å². The van der Waals surface area contributed by atoms with Crippen LogP contribution in [0.25, 0.3) is 0 Å². The van der Waals surface area contributed by atoms with Crippen molar-refractivity contribution in [1.82, 2.24) is 5.32 Å². The highest BCUT2D eigenvalue weighted by Gasteiger charge is 2.26. The van der Waals surface area contributed by atoms with Gasteiger partial charge in [-0.1, -0.05) is 19.9 Å². The molecule has 2 N–H and O–H groups in total. The summed E-state index contributed by atoms with van der Waals surface area (Å²) in [5.74, 6) is 0. The molecule has 1 unspecified atom stereocenters. The Morgan fingerprint density at radius 3 is 2.75 bits per heavy atom. The molecule has 1 aromatic rings. The monoisotopic (exact) mass is 185 g/mol. The van der Waals surface area contributed by atoms with Crippen molar-refractivity contribution in [3.63, 3.8) is 0 Å². The predicted octanol–water partition coefficient (Wildman–Crippen LogP) is 1.91. The standard InChI is InChI=1S/C9H15NOS/c1-3-9(11,10-4-2)8-6-5-7-12-8/h5-7,10-11H,3-4H2,1-2H3. The summed E-state index contributed by atoms with van der Waals surface area (Å²) in [4.78, 5) is 0.992. The predicted molar refractivity (Wildman–Crippen MR) is 52.2 cm³/mol. The fourth-order valence-corrected chi connectivity index (χ4v) is 2.07. The Hall–Kier alpha value is -0.380. The third kappa shape index (κ3) is 1.86. The van der Waals surface area contributed by atoms with Gasteiger partial charge in [-0.3, -0.25) is 5.32 Å². The topological polar surface area (TPSA) is 32.3 Å². The Kier molecular flexibility index (Phi) is 3.26. The number of nitrogens with one attached hydrogen (secondary N) is 1. The van der Waals surface area contributed by atoms with Gasteiger partial charge in [-0.2, -0.15) is 0 Å². The Morgan fingerprint density at radius 1 is 1.58 bits per heavy atom. The molecule has 1 atom stereocenters. The third-order valence-corrected chi connectivity index (χ3v) is 2.93. The maximum Gasteiger partial charge on any atom is 0.151 e. The van der Waals surface area contributed by atoms with Crippen molar-refractivity contribution in [3.05, 3.63) is 22.4 Å². The SMILES string of the molecule is CCNC(O)(CC)c1cccs1. The van der Waals surface area contributed by atoms with E-state index in [2.05, 4.69) is 5.32 Å². The highest BCUT2D eigenvalue weighted by atomic mass is 32.1. The minimum atomic E-state index is -0.817. The zero-order chi connectivity index (χ0) is 9.03. The van der Waals surface area contributed by atoms with Crippen molar-refractivity contribution in [1.29, 1.82) is 0 Å². The molecular formula is C9H15NOS. The smallest absolute Gasteiger partial charge is 0.151 e. The van der Waals surface area contributed by atoms with Crippen LogP contribution in [0.3, 0.4) is 0 Å². The van der Waals surface area contributed by atoms with E-state index in [-0.39, 0.29) is 0 Å². The average Bonchev–Trinajstić information content (AvgIpc) is 2.57. The number of hydrogen-bond donors (Lipinski definition) is 2. The third-order valence-electron chi connectivity index (χ3n) is 1.91. The molecule has 0 radical (unpaired) electrons. The highest BCUT2D eigenvalue weighted by molar-refractivity contribution is 7.10. The van der Waals surface area contributed by atoms with Crippen molar-refractivity contribution in [2.45, 2.75) is 26.0 Å².